The van der Waals surface area contributed by atoms with Crippen molar-refractivity contribution in [2.75, 3.05) is 0 Å². The largest absolute Gasteiger partial charge is 0.388 e. The molecule has 2 aliphatic carbocycles. The van der Waals surface area contributed by atoms with Crippen LogP contribution in [0.25, 0.3) is 10.9 Å². The Bertz CT molecular complexity index is 624. The van der Waals surface area contributed by atoms with Gasteiger partial charge in [0.05, 0.1) is 17.8 Å². The molecule has 1 aromatic heterocycles. The van der Waals surface area contributed by atoms with Gasteiger partial charge in [0, 0.05) is 16.0 Å². The van der Waals surface area contributed by atoms with Gasteiger partial charge in [-0.25, -0.2) is 0 Å². The summed E-state index contributed by atoms with van der Waals surface area (Å²) >= 11 is 6.13. The highest BCUT2D eigenvalue weighted by atomic mass is 35.5. The maximum Gasteiger partial charge on any atom is 0.0839 e. The van der Waals surface area contributed by atoms with Crippen LogP contribution >= 0.6 is 11.6 Å². The van der Waals surface area contributed by atoms with Gasteiger partial charge < -0.3 is 5.11 Å². The van der Waals surface area contributed by atoms with E-state index in [1.807, 2.05) is 12.1 Å². The fourth-order valence-electron chi connectivity index (χ4n) is 3.90. The van der Waals surface area contributed by atoms with Crippen molar-refractivity contribution >= 4 is 22.5 Å². The van der Waals surface area contributed by atoms with Crippen LogP contribution in [0, 0.1) is 11.3 Å². The minimum Gasteiger partial charge on any atom is -0.388 e. The Morgan fingerprint density at radius 3 is 2.84 bits per heavy atom. The Hall–Kier alpha value is -1.06. The number of hydrogen-bond acceptors (Lipinski definition) is 2. The van der Waals surface area contributed by atoms with E-state index in [2.05, 4.69) is 10.2 Å². The molecule has 2 fully saturated rings. The van der Waals surface area contributed by atoms with E-state index in [1.165, 1.54) is 19.3 Å². The molecule has 19 heavy (non-hydrogen) atoms. The number of H-pyrrole nitrogens is 1. The van der Waals surface area contributed by atoms with Crippen LogP contribution in [-0.4, -0.2) is 15.3 Å². The summed E-state index contributed by atoms with van der Waals surface area (Å²) in [4.78, 5) is 0. The lowest BCUT2D eigenvalue weighted by atomic mass is 9.50. The van der Waals surface area contributed by atoms with Gasteiger partial charge in [-0.1, -0.05) is 18.0 Å². The Labute approximate surface area is 117 Å². The number of aromatic amines is 1. The average Bonchev–Trinajstić information content (AvgIpc) is 2.71. The van der Waals surface area contributed by atoms with E-state index in [1.54, 1.807) is 6.20 Å². The number of fused-ring (bicyclic) bond motifs is 1. The molecule has 2 aromatic rings. The van der Waals surface area contributed by atoms with E-state index >= 15 is 0 Å². The van der Waals surface area contributed by atoms with Crippen molar-refractivity contribution in [3.8, 4) is 0 Å². The molecule has 1 heterocycles. The van der Waals surface area contributed by atoms with Gasteiger partial charge in [0.1, 0.15) is 0 Å². The highest BCUT2D eigenvalue weighted by molar-refractivity contribution is 6.31. The van der Waals surface area contributed by atoms with Gasteiger partial charge >= 0.3 is 0 Å². The molecule has 1 atom stereocenters. The molecule has 0 aliphatic heterocycles. The van der Waals surface area contributed by atoms with Crippen LogP contribution in [0.1, 0.15) is 43.8 Å². The van der Waals surface area contributed by atoms with Gasteiger partial charge in [-0.15, -0.1) is 0 Å². The van der Waals surface area contributed by atoms with Crippen molar-refractivity contribution in [3.05, 3.63) is 28.9 Å². The first-order chi connectivity index (χ1) is 9.17. The second kappa shape index (κ2) is 3.97. The molecule has 1 unspecified atom stereocenters. The van der Waals surface area contributed by atoms with E-state index in [0.29, 0.717) is 16.4 Å². The third-order valence-corrected chi connectivity index (χ3v) is 5.33. The number of aromatic nitrogens is 2. The Balaban J connectivity index is 1.64. The maximum absolute atomic E-state index is 10.6. The zero-order valence-corrected chi connectivity index (χ0v) is 11.5. The standard InChI is InChI=1S/C15H17ClN2O/c16-11-4-9-8-17-18-13(9)12(5-11)14(19)10-6-15(7-10)2-1-3-15/h4-5,8,10,14,19H,1-3,6-7H2,(H,17,18). The zero-order valence-electron chi connectivity index (χ0n) is 10.7. The fraction of sp³-hybridized carbons (Fsp3) is 0.533. The van der Waals surface area contributed by atoms with Crippen molar-refractivity contribution in [1.82, 2.24) is 10.2 Å². The van der Waals surface area contributed by atoms with Gasteiger partial charge in [0.25, 0.3) is 0 Å². The highest BCUT2D eigenvalue weighted by Gasteiger charge is 2.50. The predicted octanol–water partition coefficient (Wildman–Crippen LogP) is 3.83. The van der Waals surface area contributed by atoms with Crippen molar-refractivity contribution in [2.45, 2.75) is 38.2 Å². The number of nitrogens with zero attached hydrogens (tertiary/aromatic N) is 1. The van der Waals surface area contributed by atoms with Crippen molar-refractivity contribution in [1.29, 1.82) is 0 Å². The highest BCUT2D eigenvalue weighted by Crippen LogP contribution is 2.61. The normalized spacial score (nSPS) is 23.3. The summed E-state index contributed by atoms with van der Waals surface area (Å²) in [7, 11) is 0. The first-order valence-corrected chi connectivity index (χ1v) is 7.35. The Kier molecular flexibility index (Phi) is 2.45. The quantitative estimate of drug-likeness (QED) is 0.876. The van der Waals surface area contributed by atoms with E-state index in [9.17, 15) is 5.11 Å². The van der Waals surface area contributed by atoms with Crippen LogP contribution in [-0.2, 0) is 0 Å². The molecule has 2 N–H and O–H groups in total. The van der Waals surface area contributed by atoms with Crippen molar-refractivity contribution in [2.24, 2.45) is 11.3 Å². The molecule has 4 heteroatoms. The summed E-state index contributed by atoms with van der Waals surface area (Å²) in [6, 6.07) is 3.75. The van der Waals surface area contributed by atoms with E-state index in [4.69, 9.17) is 11.6 Å². The monoisotopic (exact) mass is 276 g/mol. The number of aliphatic hydroxyl groups is 1. The molecule has 0 saturated heterocycles. The maximum atomic E-state index is 10.6. The van der Waals surface area contributed by atoms with E-state index in [0.717, 1.165) is 29.3 Å². The molecule has 0 amide bonds. The van der Waals surface area contributed by atoms with Gasteiger partial charge in [0.2, 0.25) is 0 Å². The second-order valence-corrected chi connectivity index (χ2v) is 6.73. The third-order valence-electron chi connectivity index (χ3n) is 5.11. The van der Waals surface area contributed by atoms with Crippen molar-refractivity contribution < 1.29 is 5.11 Å². The Morgan fingerprint density at radius 2 is 2.16 bits per heavy atom. The van der Waals surface area contributed by atoms with Crippen LogP contribution in [0.4, 0.5) is 0 Å². The van der Waals surface area contributed by atoms with Gasteiger partial charge in [-0.3, -0.25) is 5.10 Å². The lowest BCUT2D eigenvalue weighted by Crippen LogP contribution is -2.44. The minimum atomic E-state index is -0.423. The van der Waals surface area contributed by atoms with Crippen molar-refractivity contribution in [3.63, 3.8) is 0 Å². The summed E-state index contributed by atoms with van der Waals surface area (Å²) in [5, 5.41) is 19.3. The fourth-order valence-corrected chi connectivity index (χ4v) is 4.13. The molecule has 1 aromatic carbocycles. The smallest absolute Gasteiger partial charge is 0.0839 e. The average molecular weight is 277 g/mol. The summed E-state index contributed by atoms with van der Waals surface area (Å²) in [6.45, 7) is 0. The SMILES string of the molecule is OC(c1cc(Cl)cc2cn[nH]c12)C1CC2(CCC2)C1. The first-order valence-electron chi connectivity index (χ1n) is 6.98. The molecular weight excluding hydrogens is 260 g/mol. The predicted molar refractivity (Wildman–Crippen MR) is 75.1 cm³/mol. The zero-order chi connectivity index (χ0) is 13.0. The van der Waals surface area contributed by atoms with E-state index in [-0.39, 0.29) is 0 Å². The molecule has 1 spiro atoms. The molecule has 2 saturated carbocycles. The van der Waals surface area contributed by atoms with E-state index < -0.39 is 6.10 Å². The van der Waals surface area contributed by atoms with Gasteiger partial charge in [-0.2, -0.15) is 5.10 Å². The number of aliphatic hydroxyl groups excluding tert-OH is 1. The molecule has 0 bridgehead atoms. The van der Waals surface area contributed by atoms with Crippen LogP contribution in [0.5, 0.6) is 0 Å². The lowest BCUT2D eigenvalue weighted by Gasteiger charge is -2.55. The van der Waals surface area contributed by atoms with Crippen LogP contribution in [0.2, 0.25) is 5.02 Å². The van der Waals surface area contributed by atoms with Gasteiger partial charge in [-0.05, 0) is 49.1 Å². The Morgan fingerprint density at radius 1 is 1.37 bits per heavy atom. The molecule has 100 valence electrons. The van der Waals surface area contributed by atoms with Gasteiger partial charge in [0.15, 0.2) is 0 Å². The second-order valence-electron chi connectivity index (χ2n) is 6.30. The number of hydrogen-bond donors (Lipinski definition) is 2. The number of halogens is 1. The molecule has 4 rings (SSSR count). The summed E-state index contributed by atoms with van der Waals surface area (Å²) in [5.74, 6) is 0.380. The molecule has 3 nitrogen and oxygen atoms in total. The number of rotatable bonds is 2. The topological polar surface area (TPSA) is 48.9 Å². The molecular formula is C15H17ClN2O. The molecule has 2 aliphatic rings. The number of nitrogens with one attached hydrogen (secondary N) is 1. The number of benzene rings is 1. The van der Waals surface area contributed by atoms with Crippen LogP contribution in [0.3, 0.4) is 0 Å². The molecule has 0 radical (unpaired) electrons. The summed E-state index contributed by atoms with van der Waals surface area (Å²) < 4.78 is 0. The van der Waals surface area contributed by atoms with Crippen LogP contribution < -0.4 is 0 Å². The minimum absolute atomic E-state index is 0.380. The lowest BCUT2D eigenvalue weighted by molar-refractivity contribution is -0.0805. The summed E-state index contributed by atoms with van der Waals surface area (Å²) in [6.07, 6.45) is 7.73. The van der Waals surface area contributed by atoms with Crippen LogP contribution in [0.15, 0.2) is 18.3 Å². The third kappa shape index (κ3) is 1.72. The first kappa shape index (κ1) is 11.7. The summed E-state index contributed by atoms with van der Waals surface area (Å²) in [5.41, 5.74) is 2.41.